The molecule has 0 bridgehead atoms. The number of halogens is 3. The lowest BCUT2D eigenvalue weighted by atomic mass is 10.2. The molecule has 0 aromatic carbocycles. The van der Waals surface area contributed by atoms with Gasteiger partial charge in [0, 0.05) is 15.3 Å². The molecule has 0 unspecified atom stereocenters. The van der Waals surface area contributed by atoms with Crippen LogP contribution < -0.4 is 0 Å². The first-order chi connectivity index (χ1) is 5.65. The molecule has 0 aliphatic rings. The molecular weight excluding hydrogens is 279 g/mol. The van der Waals surface area contributed by atoms with Crippen molar-refractivity contribution in [2.75, 3.05) is 0 Å². The SMILES string of the molecule is OCc1ncc(I)cc1C(F)F. The molecule has 0 radical (unpaired) electrons. The van der Waals surface area contributed by atoms with Gasteiger partial charge in [0.05, 0.1) is 12.3 Å². The molecular formula is C7H6F2INO. The normalized spacial score (nSPS) is 10.8. The number of rotatable bonds is 2. The highest BCUT2D eigenvalue weighted by molar-refractivity contribution is 14.1. The summed E-state index contributed by atoms with van der Waals surface area (Å²) in [6, 6.07) is 1.32. The molecule has 0 aliphatic heterocycles. The van der Waals surface area contributed by atoms with Crippen molar-refractivity contribution in [3.05, 3.63) is 27.1 Å². The van der Waals surface area contributed by atoms with Crippen molar-refractivity contribution >= 4 is 22.6 Å². The highest BCUT2D eigenvalue weighted by atomic mass is 127. The second-order valence-corrected chi connectivity index (χ2v) is 3.39. The van der Waals surface area contributed by atoms with E-state index in [1.165, 1.54) is 12.3 Å². The van der Waals surface area contributed by atoms with Crippen LogP contribution in [-0.2, 0) is 6.61 Å². The summed E-state index contributed by atoms with van der Waals surface area (Å²) in [5.41, 5.74) is -0.144. The van der Waals surface area contributed by atoms with E-state index in [-0.39, 0.29) is 11.3 Å². The Morgan fingerprint density at radius 2 is 2.25 bits per heavy atom. The average Bonchev–Trinajstić information content (AvgIpc) is 2.04. The number of pyridine rings is 1. The molecule has 2 nitrogen and oxygen atoms in total. The van der Waals surface area contributed by atoms with Gasteiger partial charge in [-0.3, -0.25) is 4.98 Å². The molecule has 0 spiro atoms. The van der Waals surface area contributed by atoms with Crippen molar-refractivity contribution in [2.45, 2.75) is 13.0 Å². The van der Waals surface area contributed by atoms with Gasteiger partial charge in [-0.2, -0.15) is 0 Å². The van der Waals surface area contributed by atoms with Crippen molar-refractivity contribution in [1.29, 1.82) is 0 Å². The molecule has 1 rings (SSSR count). The minimum Gasteiger partial charge on any atom is -0.390 e. The van der Waals surface area contributed by atoms with Gasteiger partial charge in [-0.05, 0) is 28.7 Å². The Morgan fingerprint density at radius 3 is 2.75 bits per heavy atom. The second kappa shape index (κ2) is 4.08. The fourth-order valence-corrected chi connectivity index (χ4v) is 1.28. The molecule has 0 fully saturated rings. The summed E-state index contributed by atoms with van der Waals surface area (Å²) in [5, 5.41) is 8.66. The van der Waals surface area contributed by atoms with Crippen LogP contribution in [0.5, 0.6) is 0 Å². The van der Waals surface area contributed by atoms with Crippen molar-refractivity contribution in [1.82, 2.24) is 4.98 Å². The van der Waals surface area contributed by atoms with Crippen LogP contribution in [0.4, 0.5) is 8.78 Å². The molecule has 66 valence electrons. The average molecular weight is 285 g/mol. The first-order valence-corrected chi connectivity index (χ1v) is 4.26. The van der Waals surface area contributed by atoms with Crippen molar-refractivity contribution in [3.8, 4) is 0 Å². The van der Waals surface area contributed by atoms with Crippen molar-refractivity contribution in [3.63, 3.8) is 0 Å². The van der Waals surface area contributed by atoms with E-state index in [1.54, 1.807) is 0 Å². The monoisotopic (exact) mass is 285 g/mol. The number of aromatic nitrogens is 1. The fourth-order valence-electron chi connectivity index (χ4n) is 0.804. The summed E-state index contributed by atoms with van der Waals surface area (Å²) in [5.74, 6) is 0. The molecule has 0 aliphatic carbocycles. The van der Waals surface area contributed by atoms with E-state index in [1.807, 2.05) is 22.6 Å². The lowest BCUT2D eigenvalue weighted by Crippen LogP contribution is -1.98. The first kappa shape index (κ1) is 9.79. The summed E-state index contributed by atoms with van der Waals surface area (Å²) in [7, 11) is 0. The lowest BCUT2D eigenvalue weighted by molar-refractivity contribution is 0.146. The van der Waals surface area contributed by atoms with Gasteiger partial charge in [-0.25, -0.2) is 8.78 Å². The van der Waals surface area contributed by atoms with Gasteiger partial charge < -0.3 is 5.11 Å². The van der Waals surface area contributed by atoms with Crippen LogP contribution in [-0.4, -0.2) is 10.1 Å². The zero-order chi connectivity index (χ0) is 9.14. The summed E-state index contributed by atoms with van der Waals surface area (Å²) in [6.45, 7) is -0.448. The minimum absolute atomic E-state index is 0.0467. The van der Waals surface area contributed by atoms with Crippen LogP contribution >= 0.6 is 22.6 Å². The third-order valence-electron chi connectivity index (χ3n) is 1.36. The molecule has 1 heterocycles. The van der Waals surface area contributed by atoms with Crippen LogP contribution in [0, 0.1) is 3.57 Å². The third-order valence-corrected chi connectivity index (χ3v) is 1.95. The summed E-state index contributed by atoms with van der Waals surface area (Å²) >= 11 is 1.89. The molecule has 0 saturated carbocycles. The van der Waals surface area contributed by atoms with E-state index in [0.717, 1.165) is 0 Å². The molecule has 0 saturated heterocycles. The lowest BCUT2D eigenvalue weighted by Gasteiger charge is -2.04. The number of aliphatic hydroxyl groups is 1. The zero-order valence-corrected chi connectivity index (χ0v) is 8.12. The van der Waals surface area contributed by atoms with Gasteiger partial charge in [-0.15, -0.1) is 0 Å². The first-order valence-electron chi connectivity index (χ1n) is 3.18. The Kier molecular flexibility index (Phi) is 3.33. The predicted molar refractivity (Wildman–Crippen MR) is 47.8 cm³/mol. The maximum atomic E-state index is 12.2. The number of hydrogen-bond donors (Lipinski definition) is 1. The van der Waals surface area contributed by atoms with Crippen LogP contribution in [0.15, 0.2) is 12.3 Å². The Morgan fingerprint density at radius 1 is 1.58 bits per heavy atom. The van der Waals surface area contributed by atoms with Crippen molar-refractivity contribution < 1.29 is 13.9 Å². The summed E-state index contributed by atoms with van der Waals surface area (Å²) in [4.78, 5) is 3.68. The Hall–Kier alpha value is -0.300. The largest absolute Gasteiger partial charge is 0.390 e. The molecule has 1 aromatic heterocycles. The van der Waals surface area contributed by atoms with E-state index < -0.39 is 13.0 Å². The van der Waals surface area contributed by atoms with Crippen molar-refractivity contribution in [2.24, 2.45) is 0 Å². The second-order valence-electron chi connectivity index (χ2n) is 2.15. The Balaban J connectivity index is 3.12. The smallest absolute Gasteiger partial charge is 0.265 e. The van der Waals surface area contributed by atoms with Gasteiger partial charge in [-0.1, -0.05) is 0 Å². The van der Waals surface area contributed by atoms with Gasteiger partial charge in [0.2, 0.25) is 0 Å². The maximum Gasteiger partial charge on any atom is 0.265 e. The molecule has 0 atom stereocenters. The summed E-state index contributed by atoms with van der Waals surface area (Å²) < 4.78 is 25.1. The Bertz CT molecular complexity index is 280. The quantitative estimate of drug-likeness (QED) is 0.844. The van der Waals surface area contributed by atoms with Crippen LogP contribution in [0.3, 0.4) is 0 Å². The van der Waals surface area contributed by atoms with Gasteiger partial charge in [0.15, 0.2) is 0 Å². The number of hydrogen-bond acceptors (Lipinski definition) is 2. The zero-order valence-electron chi connectivity index (χ0n) is 5.97. The highest BCUT2D eigenvalue weighted by Gasteiger charge is 2.13. The summed E-state index contributed by atoms with van der Waals surface area (Å²) in [6.07, 6.45) is -1.13. The van der Waals surface area contributed by atoms with Gasteiger partial charge in [0.25, 0.3) is 6.43 Å². The van der Waals surface area contributed by atoms with E-state index in [9.17, 15) is 8.78 Å². The minimum atomic E-state index is -2.57. The van der Waals surface area contributed by atoms with E-state index >= 15 is 0 Å². The van der Waals surface area contributed by atoms with E-state index in [4.69, 9.17) is 5.11 Å². The van der Waals surface area contributed by atoms with E-state index in [2.05, 4.69) is 4.98 Å². The standard InChI is InChI=1S/C7H6F2INO/c8-7(9)5-1-4(10)2-11-6(5)3-12/h1-2,7,12H,3H2. The number of nitrogens with zero attached hydrogens (tertiary/aromatic N) is 1. The third kappa shape index (κ3) is 2.10. The molecule has 1 aromatic rings. The predicted octanol–water partition coefficient (Wildman–Crippen LogP) is 2.12. The molecule has 0 amide bonds. The van der Waals surface area contributed by atoms with Gasteiger partial charge >= 0.3 is 0 Å². The van der Waals surface area contributed by atoms with Crippen LogP contribution in [0.1, 0.15) is 17.7 Å². The number of alkyl halides is 2. The fraction of sp³-hybridized carbons (Fsp3) is 0.286. The van der Waals surface area contributed by atoms with Crippen LogP contribution in [0.2, 0.25) is 0 Å². The van der Waals surface area contributed by atoms with Gasteiger partial charge in [0.1, 0.15) is 0 Å². The molecule has 12 heavy (non-hydrogen) atoms. The molecule has 5 heteroatoms. The number of aliphatic hydroxyl groups excluding tert-OH is 1. The van der Waals surface area contributed by atoms with Crippen LogP contribution in [0.25, 0.3) is 0 Å². The van der Waals surface area contributed by atoms with E-state index in [0.29, 0.717) is 3.57 Å². The maximum absolute atomic E-state index is 12.2. The highest BCUT2D eigenvalue weighted by Crippen LogP contribution is 2.23. The Labute approximate surface area is 81.8 Å². The molecule has 1 N–H and O–H groups in total. The topological polar surface area (TPSA) is 33.1 Å².